The molecule has 0 saturated heterocycles. The highest BCUT2D eigenvalue weighted by atomic mass is 16.6. The van der Waals surface area contributed by atoms with Crippen molar-refractivity contribution in [3.8, 4) is 6.07 Å². The molecular formula is C10H14N2O6. The van der Waals surface area contributed by atoms with Gasteiger partial charge in [-0.1, -0.05) is 0 Å². The van der Waals surface area contributed by atoms with Crippen molar-refractivity contribution in [2.24, 2.45) is 0 Å². The number of carbonyl (C=O) groups is 2. The quantitative estimate of drug-likeness (QED) is 0.369. The Hall–Kier alpha value is -2.17. The zero-order valence-electron chi connectivity index (χ0n) is 10.2. The molecule has 0 aromatic rings. The summed E-state index contributed by atoms with van der Waals surface area (Å²) >= 11 is 0. The number of hydrogen-bond acceptors (Lipinski definition) is 7. The summed E-state index contributed by atoms with van der Waals surface area (Å²) in [6, 6.07) is 1.56. The predicted molar refractivity (Wildman–Crippen MR) is 57.8 cm³/mol. The lowest BCUT2D eigenvalue weighted by atomic mass is 9.90. The first-order valence-electron chi connectivity index (χ1n) is 5.11. The number of nitro groups is 1. The van der Waals surface area contributed by atoms with Crippen LogP contribution in [0, 0.1) is 21.4 Å². The van der Waals surface area contributed by atoms with E-state index in [4.69, 9.17) is 5.26 Å². The highest BCUT2D eigenvalue weighted by molar-refractivity contribution is 5.70. The molecule has 0 fully saturated rings. The Morgan fingerprint density at radius 1 is 1.22 bits per heavy atom. The van der Waals surface area contributed by atoms with Crippen molar-refractivity contribution in [2.45, 2.75) is 31.2 Å². The first-order chi connectivity index (χ1) is 8.41. The Labute approximate surface area is 104 Å². The molecule has 0 N–H and O–H groups in total. The fourth-order valence-electron chi connectivity index (χ4n) is 1.28. The Morgan fingerprint density at radius 3 is 1.83 bits per heavy atom. The van der Waals surface area contributed by atoms with Crippen LogP contribution in [-0.2, 0) is 19.1 Å². The average Bonchev–Trinajstić information content (AvgIpc) is 2.38. The maximum atomic E-state index is 10.9. The van der Waals surface area contributed by atoms with Gasteiger partial charge in [0.15, 0.2) is 0 Å². The van der Waals surface area contributed by atoms with Crippen molar-refractivity contribution in [3.05, 3.63) is 10.1 Å². The molecule has 0 atom stereocenters. The van der Waals surface area contributed by atoms with E-state index < -0.39 is 22.4 Å². The zero-order valence-corrected chi connectivity index (χ0v) is 10.2. The molecule has 0 heterocycles. The molecule has 0 aliphatic rings. The maximum absolute atomic E-state index is 10.9. The summed E-state index contributed by atoms with van der Waals surface area (Å²) in [4.78, 5) is 32.0. The lowest BCUT2D eigenvalue weighted by molar-refractivity contribution is -0.554. The third-order valence-electron chi connectivity index (χ3n) is 2.50. The minimum Gasteiger partial charge on any atom is -0.469 e. The molecule has 18 heavy (non-hydrogen) atoms. The SMILES string of the molecule is COC(=O)CCC(C#N)(CCC(=O)OC)[N+](=O)[O-]. The van der Waals surface area contributed by atoms with Gasteiger partial charge in [-0.3, -0.25) is 19.7 Å². The van der Waals surface area contributed by atoms with Gasteiger partial charge in [0.2, 0.25) is 0 Å². The van der Waals surface area contributed by atoms with E-state index in [1.165, 1.54) is 0 Å². The Bertz CT molecular complexity index is 353. The molecule has 0 aromatic carbocycles. The van der Waals surface area contributed by atoms with E-state index in [0.29, 0.717) is 0 Å². The van der Waals surface area contributed by atoms with Crippen molar-refractivity contribution in [1.82, 2.24) is 0 Å². The summed E-state index contributed by atoms with van der Waals surface area (Å²) in [6.45, 7) is 0. The van der Waals surface area contributed by atoms with Gasteiger partial charge in [0.05, 0.1) is 27.1 Å². The molecule has 8 heteroatoms. The van der Waals surface area contributed by atoms with Crippen LogP contribution in [0.1, 0.15) is 25.7 Å². The number of methoxy groups -OCH3 is 2. The fourth-order valence-corrected chi connectivity index (χ4v) is 1.28. The first kappa shape index (κ1) is 15.8. The van der Waals surface area contributed by atoms with Gasteiger partial charge in [0, 0.05) is 17.8 Å². The molecule has 0 spiro atoms. The molecule has 0 aliphatic heterocycles. The van der Waals surface area contributed by atoms with Crippen molar-refractivity contribution >= 4 is 11.9 Å². The molecule has 100 valence electrons. The van der Waals surface area contributed by atoms with Gasteiger partial charge in [-0.05, 0) is 0 Å². The van der Waals surface area contributed by atoms with Crippen LogP contribution < -0.4 is 0 Å². The van der Waals surface area contributed by atoms with E-state index in [0.717, 1.165) is 14.2 Å². The Kier molecular flexibility index (Phi) is 6.34. The summed E-state index contributed by atoms with van der Waals surface area (Å²) in [5.41, 5.74) is -1.97. The molecular weight excluding hydrogens is 244 g/mol. The normalized spacial score (nSPS) is 10.3. The van der Waals surface area contributed by atoms with E-state index >= 15 is 0 Å². The first-order valence-corrected chi connectivity index (χ1v) is 5.11. The molecule has 0 aliphatic carbocycles. The number of carbonyl (C=O) groups excluding carboxylic acids is 2. The minimum absolute atomic E-state index is 0.258. The van der Waals surface area contributed by atoms with Crippen molar-refractivity contribution in [3.63, 3.8) is 0 Å². The number of esters is 2. The van der Waals surface area contributed by atoms with E-state index in [2.05, 4.69) is 9.47 Å². The van der Waals surface area contributed by atoms with Crippen molar-refractivity contribution in [1.29, 1.82) is 5.26 Å². The lowest BCUT2D eigenvalue weighted by Gasteiger charge is -2.16. The largest absolute Gasteiger partial charge is 0.469 e. The summed E-state index contributed by atoms with van der Waals surface area (Å²) in [5, 5.41) is 19.9. The second kappa shape index (κ2) is 7.21. The highest BCUT2D eigenvalue weighted by Crippen LogP contribution is 2.23. The number of rotatable bonds is 7. The average molecular weight is 258 g/mol. The second-order valence-electron chi connectivity index (χ2n) is 3.55. The van der Waals surface area contributed by atoms with Crippen LogP contribution in [0.3, 0.4) is 0 Å². The molecule has 0 unspecified atom stereocenters. The molecule has 0 rings (SSSR count). The topological polar surface area (TPSA) is 120 Å². The van der Waals surface area contributed by atoms with Gasteiger partial charge >= 0.3 is 17.5 Å². The van der Waals surface area contributed by atoms with Crippen molar-refractivity contribution < 1.29 is 24.0 Å². The summed E-state index contributed by atoms with van der Waals surface area (Å²) < 4.78 is 8.71. The van der Waals surface area contributed by atoms with Gasteiger partial charge in [0.1, 0.15) is 6.07 Å². The standard InChI is InChI=1S/C10H14N2O6/c1-17-8(13)3-5-10(7-11,12(15)16)6-4-9(14)18-2/h3-6H2,1-2H3. The zero-order chi connectivity index (χ0) is 14.2. The van der Waals surface area contributed by atoms with Gasteiger partial charge in [0.25, 0.3) is 0 Å². The summed E-state index contributed by atoms with van der Waals surface area (Å²) in [7, 11) is 2.30. The number of nitrogens with zero attached hydrogens (tertiary/aromatic N) is 2. The monoisotopic (exact) mass is 258 g/mol. The minimum atomic E-state index is -1.97. The third-order valence-corrected chi connectivity index (χ3v) is 2.50. The lowest BCUT2D eigenvalue weighted by Crippen LogP contribution is -2.38. The van der Waals surface area contributed by atoms with E-state index in [1.54, 1.807) is 6.07 Å². The number of hydrogen-bond donors (Lipinski definition) is 0. The van der Waals surface area contributed by atoms with Crippen LogP contribution in [0.5, 0.6) is 0 Å². The summed E-state index contributed by atoms with van der Waals surface area (Å²) in [6.07, 6.45) is -1.13. The van der Waals surface area contributed by atoms with E-state index in [1.807, 2.05) is 0 Å². The van der Waals surface area contributed by atoms with Crippen LogP contribution in [0.15, 0.2) is 0 Å². The second-order valence-corrected chi connectivity index (χ2v) is 3.55. The molecule has 0 saturated carbocycles. The smallest absolute Gasteiger partial charge is 0.306 e. The molecule has 0 amide bonds. The Morgan fingerprint density at radius 2 is 1.61 bits per heavy atom. The van der Waals surface area contributed by atoms with Crippen LogP contribution in [0.25, 0.3) is 0 Å². The van der Waals surface area contributed by atoms with Crippen LogP contribution in [-0.4, -0.2) is 36.6 Å². The molecule has 0 aromatic heterocycles. The van der Waals surface area contributed by atoms with Gasteiger partial charge in [-0.2, -0.15) is 5.26 Å². The third kappa shape index (κ3) is 4.37. The number of nitriles is 1. The Balaban J connectivity index is 4.73. The van der Waals surface area contributed by atoms with Crippen LogP contribution in [0.4, 0.5) is 0 Å². The highest BCUT2D eigenvalue weighted by Gasteiger charge is 2.43. The van der Waals surface area contributed by atoms with Gasteiger partial charge in [-0.15, -0.1) is 0 Å². The van der Waals surface area contributed by atoms with Crippen molar-refractivity contribution in [2.75, 3.05) is 14.2 Å². The number of ether oxygens (including phenoxy) is 2. The molecule has 8 nitrogen and oxygen atoms in total. The van der Waals surface area contributed by atoms with E-state index in [9.17, 15) is 19.7 Å². The van der Waals surface area contributed by atoms with Crippen LogP contribution in [0.2, 0.25) is 0 Å². The van der Waals surface area contributed by atoms with E-state index in [-0.39, 0.29) is 25.7 Å². The van der Waals surface area contributed by atoms with Gasteiger partial charge < -0.3 is 9.47 Å². The molecule has 0 radical (unpaired) electrons. The fraction of sp³-hybridized carbons (Fsp3) is 0.700. The summed E-state index contributed by atoms with van der Waals surface area (Å²) in [5.74, 6) is -1.29. The maximum Gasteiger partial charge on any atom is 0.306 e. The van der Waals surface area contributed by atoms with Crippen LogP contribution >= 0.6 is 0 Å². The predicted octanol–water partition coefficient (Wildman–Crippen LogP) is 0.432. The van der Waals surface area contributed by atoms with Gasteiger partial charge in [-0.25, -0.2) is 0 Å². The molecule has 0 bridgehead atoms.